The molecular formula is C15H17N7O2. The summed E-state index contributed by atoms with van der Waals surface area (Å²) in [6.07, 6.45) is 3.12. The molecule has 0 atom stereocenters. The van der Waals surface area contributed by atoms with E-state index in [0.717, 1.165) is 0 Å². The molecule has 0 aliphatic heterocycles. The molecule has 2 heterocycles. The minimum atomic E-state index is -0.415. The number of nitrogen functional groups attached to an aromatic ring is 1. The molecule has 3 aromatic rings. The Kier molecular flexibility index (Phi) is 3.90. The van der Waals surface area contributed by atoms with Crippen molar-refractivity contribution in [3.63, 3.8) is 0 Å². The van der Waals surface area contributed by atoms with Crippen molar-refractivity contribution in [1.82, 2.24) is 19.9 Å². The summed E-state index contributed by atoms with van der Waals surface area (Å²) in [6, 6.07) is 3.24. The van der Waals surface area contributed by atoms with Crippen LogP contribution in [0.5, 0.6) is 0 Å². The Morgan fingerprint density at radius 2 is 2.04 bits per heavy atom. The van der Waals surface area contributed by atoms with E-state index in [1.54, 1.807) is 32.2 Å². The van der Waals surface area contributed by atoms with E-state index in [-0.39, 0.29) is 23.3 Å². The Morgan fingerprint density at radius 3 is 2.71 bits per heavy atom. The fourth-order valence-electron chi connectivity index (χ4n) is 2.18. The van der Waals surface area contributed by atoms with E-state index < -0.39 is 5.91 Å². The highest BCUT2D eigenvalue weighted by Gasteiger charge is 2.17. The van der Waals surface area contributed by atoms with Crippen molar-refractivity contribution in [2.75, 3.05) is 16.4 Å². The molecule has 124 valence electrons. The summed E-state index contributed by atoms with van der Waals surface area (Å²) >= 11 is 0. The third kappa shape index (κ3) is 3.05. The average Bonchev–Trinajstić information content (AvgIpc) is 3.14. The van der Waals surface area contributed by atoms with Gasteiger partial charge in [-0.15, -0.1) is 0 Å². The van der Waals surface area contributed by atoms with E-state index in [0.29, 0.717) is 22.7 Å². The molecule has 0 radical (unpaired) electrons. The Labute approximate surface area is 137 Å². The number of carbonyl (C=O) groups excluding carboxylic acids is 2. The Balaban J connectivity index is 2.00. The van der Waals surface area contributed by atoms with E-state index in [2.05, 4.69) is 30.6 Å². The van der Waals surface area contributed by atoms with Gasteiger partial charge in [0.1, 0.15) is 5.52 Å². The molecule has 9 nitrogen and oxygen atoms in total. The average molecular weight is 327 g/mol. The first-order valence-corrected chi connectivity index (χ1v) is 7.35. The van der Waals surface area contributed by atoms with Crippen molar-refractivity contribution in [2.24, 2.45) is 5.92 Å². The molecule has 2 aromatic heterocycles. The second kappa shape index (κ2) is 6.03. The second-order valence-electron chi connectivity index (χ2n) is 5.58. The van der Waals surface area contributed by atoms with Gasteiger partial charge in [-0.1, -0.05) is 13.8 Å². The summed E-state index contributed by atoms with van der Waals surface area (Å²) in [5, 5.41) is 5.40. The number of H-pyrrole nitrogens is 2. The minimum absolute atomic E-state index is 0.153. The van der Waals surface area contributed by atoms with Gasteiger partial charge in [0, 0.05) is 24.0 Å². The number of hydrogen-bond donors (Lipinski definition) is 5. The predicted molar refractivity (Wildman–Crippen MR) is 90.5 cm³/mol. The number of imidazole rings is 2. The second-order valence-corrected chi connectivity index (χ2v) is 5.58. The van der Waals surface area contributed by atoms with Crippen LogP contribution in [0.15, 0.2) is 24.5 Å². The molecule has 0 spiro atoms. The lowest BCUT2D eigenvalue weighted by Gasteiger charge is -2.10. The maximum atomic E-state index is 12.5. The zero-order chi connectivity index (χ0) is 17.3. The Morgan fingerprint density at radius 1 is 1.25 bits per heavy atom. The van der Waals surface area contributed by atoms with Gasteiger partial charge in [0.05, 0.1) is 11.1 Å². The normalized spacial score (nSPS) is 11.0. The monoisotopic (exact) mass is 327 g/mol. The molecule has 0 unspecified atom stereocenters. The van der Waals surface area contributed by atoms with Crippen LogP contribution in [-0.2, 0) is 4.79 Å². The standard InChI is InChI=1S/C15H17N7O2/c1-7(2)12(23)19-8-5-9(11-10(6-8)20-14(16)21-11)13(24)22-15-17-3-4-18-15/h3-7H,1-2H3,(H,19,23)(H3,16,20,21)(H2,17,18,22,24). The molecule has 0 aliphatic rings. The van der Waals surface area contributed by atoms with Gasteiger partial charge in [0.25, 0.3) is 5.91 Å². The smallest absolute Gasteiger partial charge is 0.260 e. The number of aromatic nitrogens is 4. The first-order chi connectivity index (χ1) is 11.4. The predicted octanol–water partition coefficient (Wildman–Crippen LogP) is 1.71. The van der Waals surface area contributed by atoms with Crippen molar-refractivity contribution < 1.29 is 9.59 Å². The summed E-state index contributed by atoms with van der Waals surface area (Å²) in [4.78, 5) is 38.2. The highest BCUT2D eigenvalue weighted by atomic mass is 16.2. The number of hydrogen-bond acceptors (Lipinski definition) is 5. The van der Waals surface area contributed by atoms with E-state index in [1.807, 2.05) is 0 Å². The van der Waals surface area contributed by atoms with Crippen LogP contribution < -0.4 is 16.4 Å². The van der Waals surface area contributed by atoms with E-state index >= 15 is 0 Å². The molecule has 9 heteroatoms. The van der Waals surface area contributed by atoms with Crippen LogP contribution in [0, 0.1) is 5.92 Å². The molecule has 1 aromatic carbocycles. The van der Waals surface area contributed by atoms with Crippen LogP contribution in [0.3, 0.4) is 0 Å². The molecule has 0 fully saturated rings. The number of anilines is 3. The fourth-order valence-corrected chi connectivity index (χ4v) is 2.18. The summed E-state index contributed by atoms with van der Waals surface area (Å²) in [5.41, 5.74) is 7.42. The molecule has 6 N–H and O–H groups in total. The van der Waals surface area contributed by atoms with Crippen LogP contribution >= 0.6 is 0 Å². The lowest BCUT2D eigenvalue weighted by atomic mass is 10.1. The highest BCUT2D eigenvalue weighted by Crippen LogP contribution is 2.24. The van der Waals surface area contributed by atoms with Crippen molar-refractivity contribution >= 4 is 40.4 Å². The molecule has 24 heavy (non-hydrogen) atoms. The molecule has 0 saturated heterocycles. The number of nitrogens with two attached hydrogens (primary N) is 1. The molecule has 0 saturated carbocycles. The Bertz CT molecular complexity index is 896. The number of benzene rings is 1. The first kappa shape index (κ1) is 15.5. The number of fused-ring (bicyclic) bond motifs is 1. The van der Waals surface area contributed by atoms with Crippen LogP contribution in [-0.4, -0.2) is 31.8 Å². The maximum Gasteiger partial charge on any atom is 0.260 e. The largest absolute Gasteiger partial charge is 0.369 e. The number of amides is 2. The van der Waals surface area contributed by atoms with Crippen molar-refractivity contribution in [2.45, 2.75) is 13.8 Å². The minimum Gasteiger partial charge on any atom is -0.369 e. The summed E-state index contributed by atoms with van der Waals surface area (Å²) < 4.78 is 0. The summed E-state index contributed by atoms with van der Waals surface area (Å²) in [6.45, 7) is 3.57. The highest BCUT2D eigenvalue weighted by molar-refractivity contribution is 6.12. The van der Waals surface area contributed by atoms with Crippen molar-refractivity contribution in [3.8, 4) is 0 Å². The van der Waals surface area contributed by atoms with Gasteiger partial charge in [-0.25, -0.2) is 9.97 Å². The first-order valence-electron chi connectivity index (χ1n) is 7.35. The van der Waals surface area contributed by atoms with Gasteiger partial charge in [-0.05, 0) is 12.1 Å². The number of nitrogens with zero attached hydrogens (tertiary/aromatic N) is 2. The SMILES string of the molecule is CC(C)C(=O)Nc1cc(C(=O)Nc2ncc[nH]2)c2nc(N)[nH]c2c1. The maximum absolute atomic E-state index is 12.5. The van der Waals surface area contributed by atoms with Gasteiger partial charge < -0.3 is 21.0 Å². The molecule has 3 rings (SSSR count). The zero-order valence-electron chi connectivity index (χ0n) is 13.2. The van der Waals surface area contributed by atoms with E-state index in [1.165, 1.54) is 6.20 Å². The number of carbonyl (C=O) groups is 2. The van der Waals surface area contributed by atoms with Gasteiger partial charge in [-0.2, -0.15) is 0 Å². The third-order valence-electron chi connectivity index (χ3n) is 3.37. The number of rotatable bonds is 4. The molecular weight excluding hydrogens is 310 g/mol. The van der Waals surface area contributed by atoms with Gasteiger partial charge in [0.2, 0.25) is 11.9 Å². The van der Waals surface area contributed by atoms with Crippen LogP contribution in [0.25, 0.3) is 11.0 Å². The van der Waals surface area contributed by atoms with Crippen LogP contribution in [0.1, 0.15) is 24.2 Å². The van der Waals surface area contributed by atoms with Crippen LogP contribution in [0.2, 0.25) is 0 Å². The van der Waals surface area contributed by atoms with Gasteiger partial charge in [0.15, 0.2) is 5.95 Å². The topological polar surface area (TPSA) is 142 Å². The molecule has 2 amide bonds. The quantitative estimate of drug-likeness (QED) is 0.496. The van der Waals surface area contributed by atoms with E-state index in [4.69, 9.17) is 5.73 Å². The lowest BCUT2D eigenvalue weighted by Crippen LogP contribution is -2.19. The van der Waals surface area contributed by atoms with E-state index in [9.17, 15) is 9.59 Å². The third-order valence-corrected chi connectivity index (χ3v) is 3.37. The number of nitrogens with one attached hydrogen (secondary N) is 4. The van der Waals surface area contributed by atoms with Crippen molar-refractivity contribution in [3.05, 3.63) is 30.1 Å². The number of aromatic amines is 2. The lowest BCUT2D eigenvalue weighted by molar-refractivity contribution is -0.118. The van der Waals surface area contributed by atoms with Gasteiger partial charge in [-0.3, -0.25) is 14.9 Å². The van der Waals surface area contributed by atoms with Crippen LogP contribution in [0.4, 0.5) is 17.6 Å². The fraction of sp³-hybridized carbons (Fsp3) is 0.200. The summed E-state index contributed by atoms with van der Waals surface area (Å²) in [7, 11) is 0. The molecule has 0 aliphatic carbocycles. The molecule has 0 bridgehead atoms. The summed E-state index contributed by atoms with van der Waals surface area (Å²) in [5.74, 6) is -0.257. The Hall–Kier alpha value is -3.36. The van der Waals surface area contributed by atoms with Gasteiger partial charge >= 0.3 is 0 Å². The van der Waals surface area contributed by atoms with Crippen molar-refractivity contribution in [1.29, 1.82) is 0 Å². The zero-order valence-corrected chi connectivity index (χ0v) is 13.2.